The van der Waals surface area contributed by atoms with Crippen molar-refractivity contribution in [3.05, 3.63) is 53.0 Å². The number of para-hydroxylation sites is 1. The van der Waals surface area contributed by atoms with Crippen LogP contribution in [0.3, 0.4) is 0 Å². The zero-order valence-corrected chi connectivity index (χ0v) is 16.8. The second-order valence-electron chi connectivity index (χ2n) is 6.17. The summed E-state index contributed by atoms with van der Waals surface area (Å²) < 4.78 is 6.61. The normalized spacial score (nSPS) is 10.4. The zero-order chi connectivity index (χ0) is 18.6. The number of amides is 1. The van der Waals surface area contributed by atoms with Crippen LogP contribution in [-0.2, 0) is 4.79 Å². The molecule has 0 saturated carbocycles. The minimum atomic E-state index is -0.0932. The highest BCUT2D eigenvalue weighted by atomic mass is 79.9. The number of ether oxygens (including phenoxy) is 1. The number of benzene rings is 2. The van der Waals surface area contributed by atoms with E-state index < -0.39 is 0 Å². The number of carbonyl (C=O) groups is 1. The SMILES string of the molecule is CCCCCCCOc1ccc(NCC(=O)Nc2ccccc2Br)cc1. The van der Waals surface area contributed by atoms with Gasteiger partial charge in [-0.2, -0.15) is 0 Å². The van der Waals surface area contributed by atoms with Crippen LogP contribution in [0.2, 0.25) is 0 Å². The Hall–Kier alpha value is -2.01. The smallest absolute Gasteiger partial charge is 0.243 e. The maximum absolute atomic E-state index is 12.0. The van der Waals surface area contributed by atoms with Gasteiger partial charge in [0.25, 0.3) is 0 Å². The quantitative estimate of drug-likeness (QED) is 0.450. The van der Waals surface area contributed by atoms with Crippen LogP contribution in [0.4, 0.5) is 11.4 Å². The third kappa shape index (κ3) is 7.48. The molecule has 140 valence electrons. The van der Waals surface area contributed by atoms with Crippen LogP contribution in [0.1, 0.15) is 39.0 Å². The molecular weight excluding hydrogens is 392 g/mol. The van der Waals surface area contributed by atoms with Crippen molar-refractivity contribution in [3.63, 3.8) is 0 Å². The highest BCUT2D eigenvalue weighted by Gasteiger charge is 2.05. The van der Waals surface area contributed by atoms with Gasteiger partial charge in [0.1, 0.15) is 5.75 Å². The fraction of sp³-hybridized carbons (Fsp3) is 0.381. The number of hydrogen-bond donors (Lipinski definition) is 2. The van der Waals surface area contributed by atoms with Crippen molar-refractivity contribution in [1.29, 1.82) is 0 Å². The molecule has 0 radical (unpaired) electrons. The number of carbonyl (C=O) groups excluding carboxylic acids is 1. The molecule has 2 aromatic carbocycles. The molecule has 5 heteroatoms. The summed E-state index contributed by atoms with van der Waals surface area (Å²) in [5.74, 6) is 0.771. The molecular formula is C21H27BrN2O2. The maximum Gasteiger partial charge on any atom is 0.243 e. The number of nitrogens with one attached hydrogen (secondary N) is 2. The molecule has 0 aromatic heterocycles. The third-order valence-corrected chi connectivity index (χ3v) is 4.66. The summed E-state index contributed by atoms with van der Waals surface area (Å²) in [4.78, 5) is 12.0. The number of anilines is 2. The molecule has 26 heavy (non-hydrogen) atoms. The molecule has 2 N–H and O–H groups in total. The van der Waals surface area contributed by atoms with Gasteiger partial charge in [0.05, 0.1) is 18.8 Å². The first-order valence-corrected chi connectivity index (χ1v) is 9.99. The number of hydrogen-bond acceptors (Lipinski definition) is 3. The van der Waals surface area contributed by atoms with Gasteiger partial charge in [-0.3, -0.25) is 4.79 Å². The van der Waals surface area contributed by atoms with Crippen molar-refractivity contribution in [1.82, 2.24) is 0 Å². The van der Waals surface area contributed by atoms with E-state index in [2.05, 4.69) is 33.5 Å². The van der Waals surface area contributed by atoms with Crippen LogP contribution in [0.25, 0.3) is 0 Å². The predicted octanol–water partition coefficient (Wildman–Crippen LogP) is 5.85. The van der Waals surface area contributed by atoms with E-state index in [1.807, 2.05) is 48.5 Å². The van der Waals surface area contributed by atoms with E-state index >= 15 is 0 Å². The lowest BCUT2D eigenvalue weighted by Crippen LogP contribution is -2.21. The highest BCUT2D eigenvalue weighted by molar-refractivity contribution is 9.10. The Morgan fingerprint density at radius 3 is 2.46 bits per heavy atom. The lowest BCUT2D eigenvalue weighted by atomic mass is 10.2. The van der Waals surface area contributed by atoms with Gasteiger partial charge in [0, 0.05) is 10.2 Å². The molecule has 0 bridgehead atoms. The van der Waals surface area contributed by atoms with Gasteiger partial charge in [-0.15, -0.1) is 0 Å². The molecule has 0 atom stereocenters. The fourth-order valence-electron chi connectivity index (χ4n) is 2.50. The topological polar surface area (TPSA) is 50.4 Å². The first-order valence-electron chi connectivity index (χ1n) is 9.20. The van der Waals surface area contributed by atoms with Crippen molar-refractivity contribution in [3.8, 4) is 5.75 Å². The van der Waals surface area contributed by atoms with Crippen LogP contribution in [0.5, 0.6) is 5.75 Å². The molecule has 0 heterocycles. The van der Waals surface area contributed by atoms with E-state index in [0.29, 0.717) is 0 Å². The van der Waals surface area contributed by atoms with Gasteiger partial charge in [-0.1, -0.05) is 44.7 Å². The van der Waals surface area contributed by atoms with E-state index in [4.69, 9.17) is 4.74 Å². The van der Waals surface area contributed by atoms with E-state index in [1.54, 1.807) is 0 Å². The molecule has 4 nitrogen and oxygen atoms in total. The summed E-state index contributed by atoms with van der Waals surface area (Å²) in [5, 5.41) is 5.99. The van der Waals surface area contributed by atoms with Crippen LogP contribution in [0, 0.1) is 0 Å². The standard InChI is InChI=1S/C21H27BrN2O2/c1-2-3-4-5-8-15-26-18-13-11-17(12-14-18)23-16-21(25)24-20-10-7-6-9-19(20)22/h6-7,9-14,23H,2-5,8,15-16H2,1H3,(H,24,25). The molecule has 0 aliphatic carbocycles. The van der Waals surface area contributed by atoms with E-state index in [0.717, 1.165) is 34.6 Å². The number of halogens is 1. The van der Waals surface area contributed by atoms with Crippen LogP contribution < -0.4 is 15.4 Å². The Labute approximate surface area is 164 Å². The molecule has 2 aromatic rings. The highest BCUT2D eigenvalue weighted by Crippen LogP contribution is 2.21. The van der Waals surface area contributed by atoms with E-state index in [9.17, 15) is 4.79 Å². The first-order chi connectivity index (χ1) is 12.7. The van der Waals surface area contributed by atoms with Crippen molar-refractivity contribution in [2.24, 2.45) is 0 Å². The Morgan fingerprint density at radius 1 is 1.00 bits per heavy atom. The molecule has 2 rings (SSSR count). The average molecular weight is 419 g/mol. The number of rotatable bonds is 11. The van der Waals surface area contributed by atoms with Gasteiger partial charge >= 0.3 is 0 Å². The maximum atomic E-state index is 12.0. The molecule has 1 amide bonds. The third-order valence-electron chi connectivity index (χ3n) is 3.97. The fourth-order valence-corrected chi connectivity index (χ4v) is 2.89. The minimum Gasteiger partial charge on any atom is -0.494 e. The van der Waals surface area contributed by atoms with Crippen molar-refractivity contribution in [2.75, 3.05) is 23.8 Å². The summed E-state index contributed by atoms with van der Waals surface area (Å²) >= 11 is 3.42. The van der Waals surface area contributed by atoms with Crippen molar-refractivity contribution < 1.29 is 9.53 Å². The Bertz CT molecular complexity index is 674. The predicted molar refractivity (Wildman–Crippen MR) is 112 cm³/mol. The lowest BCUT2D eigenvalue weighted by molar-refractivity contribution is -0.114. The Kier molecular flexibility index (Phi) is 9.04. The van der Waals surface area contributed by atoms with Gasteiger partial charge < -0.3 is 15.4 Å². The average Bonchev–Trinajstić information content (AvgIpc) is 2.66. The van der Waals surface area contributed by atoms with Crippen molar-refractivity contribution >= 4 is 33.2 Å². The Morgan fingerprint density at radius 2 is 1.73 bits per heavy atom. The molecule has 0 aliphatic heterocycles. The largest absolute Gasteiger partial charge is 0.494 e. The molecule has 0 saturated heterocycles. The van der Waals surface area contributed by atoms with Crippen LogP contribution in [0.15, 0.2) is 53.0 Å². The monoisotopic (exact) mass is 418 g/mol. The summed E-state index contributed by atoms with van der Waals surface area (Å²) in [5.41, 5.74) is 1.66. The Balaban J connectivity index is 1.68. The summed E-state index contributed by atoms with van der Waals surface area (Å²) in [7, 11) is 0. The van der Waals surface area contributed by atoms with Gasteiger partial charge in [0.15, 0.2) is 0 Å². The lowest BCUT2D eigenvalue weighted by Gasteiger charge is -2.10. The van der Waals surface area contributed by atoms with Crippen molar-refractivity contribution in [2.45, 2.75) is 39.0 Å². The molecule has 0 spiro atoms. The van der Waals surface area contributed by atoms with E-state index in [1.165, 1.54) is 25.7 Å². The van der Waals surface area contributed by atoms with Crippen LogP contribution in [-0.4, -0.2) is 19.1 Å². The number of unbranched alkanes of at least 4 members (excludes halogenated alkanes) is 4. The molecule has 0 aliphatic rings. The summed E-state index contributed by atoms with van der Waals surface area (Å²) in [6.45, 7) is 3.18. The van der Waals surface area contributed by atoms with Crippen LogP contribution >= 0.6 is 15.9 Å². The molecule has 0 fully saturated rings. The van der Waals surface area contributed by atoms with Gasteiger partial charge in [-0.25, -0.2) is 0 Å². The van der Waals surface area contributed by atoms with Gasteiger partial charge in [0.2, 0.25) is 5.91 Å². The first kappa shape index (κ1) is 20.3. The second kappa shape index (κ2) is 11.6. The summed E-state index contributed by atoms with van der Waals surface area (Å²) in [6.07, 6.45) is 6.16. The van der Waals surface area contributed by atoms with E-state index in [-0.39, 0.29) is 12.5 Å². The zero-order valence-electron chi connectivity index (χ0n) is 15.3. The molecule has 0 unspecified atom stereocenters. The van der Waals surface area contributed by atoms with Gasteiger partial charge in [-0.05, 0) is 58.7 Å². The minimum absolute atomic E-state index is 0.0932. The summed E-state index contributed by atoms with van der Waals surface area (Å²) in [6, 6.07) is 15.3. The second-order valence-corrected chi connectivity index (χ2v) is 7.02.